The van der Waals surface area contributed by atoms with E-state index >= 15 is 0 Å². The zero-order valence-electron chi connectivity index (χ0n) is 13.6. The van der Waals surface area contributed by atoms with Gasteiger partial charge in [0.1, 0.15) is 0 Å². The Morgan fingerprint density at radius 2 is 2.08 bits per heavy atom. The van der Waals surface area contributed by atoms with Crippen LogP contribution in [-0.4, -0.2) is 37.4 Å². The van der Waals surface area contributed by atoms with Crippen LogP contribution in [0.2, 0.25) is 0 Å². The fraction of sp³-hybridized carbons (Fsp3) is 0.500. The fourth-order valence-electron chi connectivity index (χ4n) is 3.72. The van der Waals surface area contributed by atoms with Gasteiger partial charge in [-0.25, -0.2) is 4.39 Å². The first kappa shape index (κ1) is 15.6. The van der Waals surface area contributed by atoms with Gasteiger partial charge in [-0.1, -0.05) is 6.07 Å². The van der Waals surface area contributed by atoms with Crippen LogP contribution in [0.1, 0.15) is 35.4 Å². The third kappa shape index (κ3) is 2.50. The van der Waals surface area contributed by atoms with Gasteiger partial charge in [-0.05, 0) is 31.0 Å². The number of ether oxygens (including phenoxy) is 2. The maximum absolute atomic E-state index is 13.9. The van der Waals surface area contributed by atoms with Gasteiger partial charge >= 0.3 is 0 Å². The lowest BCUT2D eigenvalue weighted by atomic mass is 9.86. The standard InChI is InChI=1S/C18H20FNO4/c1-11-2-3-13(19)16-12(11)10-14(24-16)17(21)20-15-4-7-23-18(15)5-8-22-9-6-18/h2-3,10,15H,4-9H2,1H3,(H,20,21). The van der Waals surface area contributed by atoms with E-state index < -0.39 is 5.82 Å². The number of furan rings is 1. The number of nitrogens with one attached hydrogen (secondary N) is 1. The van der Waals surface area contributed by atoms with Crippen LogP contribution >= 0.6 is 0 Å². The lowest BCUT2D eigenvalue weighted by Gasteiger charge is -2.37. The molecule has 24 heavy (non-hydrogen) atoms. The summed E-state index contributed by atoms with van der Waals surface area (Å²) < 4.78 is 30.7. The summed E-state index contributed by atoms with van der Waals surface area (Å²) in [6.07, 6.45) is 2.30. The van der Waals surface area contributed by atoms with Crippen molar-refractivity contribution in [3.8, 4) is 0 Å². The third-order valence-electron chi connectivity index (χ3n) is 5.15. The van der Waals surface area contributed by atoms with Gasteiger partial charge in [0.25, 0.3) is 5.91 Å². The zero-order chi connectivity index (χ0) is 16.7. The second-order valence-corrected chi connectivity index (χ2v) is 6.56. The SMILES string of the molecule is Cc1ccc(F)c2oc(C(=O)NC3CCOC34CCOCC4)cc12. The van der Waals surface area contributed by atoms with Crippen molar-refractivity contribution < 1.29 is 23.1 Å². The molecule has 3 heterocycles. The average Bonchev–Trinajstić information content (AvgIpc) is 3.18. The number of rotatable bonds is 2. The first-order valence-corrected chi connectivity index (χ1v) is 8.30. The largest absolute Gasteiger partial charge is 0.448 e. The maximum Gasteiger partial charge on any atom is 0.287 e. The quantitative estimate of drug-likeness (QED) is 0.918. The Balaban J connectivity index is 1.58. The van der Waals surface area contributed by atoms with Crippen molar-refractivity contribution in [1.29, 1.82) is 0 Å². The van der Waals surface area contributed by atoms with E-state index in [0.29, 0.717) is 25.2 Å². The Bertz CT molecular complexity index is 740. The topological polar surface area (TPSA) is 60.7 Å². The van der Waals surface area contributed by atoms with E-state index in [1.807, 2.05) is 6.92 Å². The molecule has 1 aromatic carbocycles. The third-order valence-corrected chi connectivity index (χ3v) is 5.15. The number of fused-ring (bicyclic) bond motifs is 1. The molecule has 0 aliphatic carbocycles. The molecule has 6 heteroatoms. The van der Waals surface area contributed by atoms with Gasteiger partial charge in [-0.3, -0.25) is 4.79 Å². The van der Waals surface area contributed by atoms with Crippen molar-refractivity contribution in [1.82, 2.24) is 5.32 Å². The number of benzene rings is 1. The van der Waals surface area contributed by atoms with Crippen molar-refractivity contribution in [2.45, 2.75) is 37.8 Å². The molecule has 2 aromatic rings. The predicted molar refractivity (Wildman–Crippen MR) is 85.5 cm³/mol. The van der Waals surface area contributed by atoms with Crippen LogP contribution in [0.25, 0.3) is 11.0 Å². The second-order valence-electron chi connectivity index (χ2n) is 6.56. The predicted octanol–water partition coefficient (Wildman–Crippen LogP) is 2.95. The molecule has 1 atom stereocenters. The van der Waals surface area contributed by atoms with Crippen LogP contribution in [0.4, 0.5) is 4.39 Å². The molecule has 5 nitrogen and oxygen atoms in total. The molecule has 2 fully saturated rings. The Morgan fingerprint density at radius 1 is 1.29 bits per heavy atom. The van der Waals surface area contributed by atoms with E-state index in [4.69, 9.17) is 13.9 Å². The Morgan fingerprint density at radius 3 is 2.83 bits per heavy atom. The van der Waals surface area contributed by atoms with Crippen molar-refractivity contribution >= 4 is 16.9 Å². The molecule has 0 bridgehead atoms. The molecule has 1 spiro atoms. The van der Waals surface area contributed by atoms with Crippen molar-refractivity contribution in [2.75, 3.05) is 19.8 Å². The Hall–Kier alpha value is -1.92. The summed E-state index contributed by atoms with van der Waals surface area (Å²) in [5.41, 5.74) is 0.657. The summed E-state index contributed by atoms with van der Waals surface area (Å²) in [6.45, 7) is 3.77. The smallest absolute Gasteiger partial charge is 0.287 e. The molecular formula is C18H20FNO4. The number of carbonyl (C=O) groups is 1. The minimum absolute atomic E-state index is 0.0759. The van der Waals surface area contributed by atoms with Gasteiger partial charge < -0.3 is 19.2 Å². The highest BCUT2D eigenvalue weighted by Crippen LogP contribution is 2.35. The minimum Gasteiger partial charge on any atom is -0.448 e. The molecule has 0 radical (unpaired) electrons. The fourth-order valence-corrected chi connectivity index (χ4v) is 3.72. The molecule has 128 valence electrons. The van der Waals surface area contributed by atoms with E-state index in [0.717, 1.165) is 24.8 Å². The monoisotopic (exact) mass is 333 g/mol. The van der Waals surface area contributed by atoms with E-state index in [-0.39, 0.29) is 28.9 Å². The summed E-state index contributed by atoms with van der Waals surface area (Å²) in [4.78, 5) is 12.6. The van der Waals surface area contributed by atoms with Crippen molar-refractivity contribution in [2.24, 2.45) is 0 Å². The number of halogens is 1. The van der Waals surface area contributed by atoms with Gasteiger partial charge in [-0.2, -0.15) is 0 Å². The van der Waals surface area contributed by atoms with Gasteiger partial charge in [0.05, 0.1) is 11.6 Å². The highest BCUT2D eigenvalue weighted by molar-refractivity contribution is 5.97. The number of aryl methyl sites for hydroxylation is 1. The number of amides is 1. The summed E-state index contributed by atoms with van der Waals surface area (Å²) in [5.74, 6) is -0.654. The number of hydrogen-bond donors (Lipinski definition) is 1. The summed E-state index contributed by atoms with van der Waals surface area (Å²) >= 11 is 0. The van der Waals surface area contributed by atoms with E-state index in [1.165, 1.54) is 6.07 Å². The first-order chi connectivity index (χ1) is 11.6. The van der Waals surface area contributed by atoms with Crippen LogP contribution in [0.5, 0.6) is 0 Å². The molecule has 2 aliphatic rings. The highest BCUT2D eigenvalue weighted by Gasteiger charge is 2.46. The lowest BCUT2D eigenvalue weighted by molar-refractivity contribution is -0.0873. The normalized spacial score (nSPS) is 23.0. The Kier molecular flexibility index (Phi) is 3.81. The number of carbonyl (C=O) groups excluding carboxylic acids is 1. The van der Waals surface area contributed by atoms with Gasteiger partial charge in [0, 0.05) is 38.0 Å². The molecule has 1 N–H and O–H groups in total. The van der Waals surface area contributed by atoms with Crippen LogP contribution < -0.4 is 5.32 Å². The molecule has 4 rings (SSSR count). The van der Waals surface area contributed by atoms with E-state index in [1.54, 1.807) is 12.1 Å². The van der Waals surface area contributed by atoms with Crippen LogP contribution in [0, 0.1) is 12.7 Å². The van der Waals surface area contributed by atoms with Crippen molar-refractivity contribution in [3.63, 3.8) is 0 Å². The van der Waals surface area contributed by atoms with Crippen LogP contribution in [0.15, 0.2) is 22.6 Å². The average molecular weight is 333 g/mol. The maximum atomic E-state index is 13.9. The minimum atomic E-state index is -0.459. The molecule has 1 unspecified atom stereocenters. The van der Waals surface area contributed by atoms with Gasteiger partial charge in [0.15, 0.2) is 17.2 Å². The lowest BCUT2D eigenvalue weighted by Crippen LogP contribution is -2.52. The van der Waals surface area contributed by atoms with E-state index in [2.05, 4.69) is 5.32 Å². The highest BCUT2D eigenvalue weighted by atomic mass is 19.1. The molecule has 0 saturated carbocycles. The number of hydrogen-bond acceptors (Lipinski definition) is 4. The van der Waals surface area contributed by atoms with Crippen molar-refractivity contribution in [3.05, 3.63) is 35.3 Å². The van der Waals surface area contributed by atoms with Gasteiger partial charge in [0.2, 0.25) is 0 Å². The van der Waals surface area contributed by atoms with Gasteiger partial charge in [-0.15, -0.1) is 0 Å². The molecule has 2 saturated heterocycles. The van der Waals surface area contributed by atoms with Crippen LogP contribution in [0.3, 0.4) is 0 Å². The molecule has 2 aliphatic heterocycles. The van der Waals surface area contributed by atoms with E-state index in [9.17, 15) is 9.18 Å². The summed E-state index contributed by atoms with van der Waals surface area (Å²) in [6, 6.07) is 4.56. The molecular weight excluding hydrogens is 313 g/mol. The summed E-state index contributed by atoms with van der Waals surface area (Å²) in [5, 5.41) is 3.65. The second kappa shape index (κ2) is 5.86. The molecule has 1 amide bonds. The van der Waals surface area contributed by atoms with Crippen LogP contribution in [-0.2, 0) is 9.47 Å². The molecule has 1 aromatic heterocycles. The summed E-state index contributed by atoms with van der Waals surface area (Å²) in [7, 11) is 0. The Labute approximate surface area is 139 Å². The zero-order valence-corrected chi connectivity index (χ0v) is 13.6. The first-order valence-electron chi connectivity index (χ1n) is 8.30.